The van der Waals surface area contributed by atoms with Crippen LogP contribution in [0.25, 0.3) is 11.4 Å². The Kier molecular flexibility index (Phi) is 3.46. The smallest absolute Gasteiger partial charge is 0.241 e. The van der Waals surface area contributed by atoms with E-state index in [-0.39, 0.29) is 0 Å². The van der Waals surface area contributed by atoms with E-state index in [0.717, 1.165) is 36.7 Å². The van der Waals surface area contributed by atoms with E-state index in [1.54, 1.807) is 0 Å². The summed E-state index contributed by atoms with van der Waals surface area (Å²) in [5.74, 6) is 2.41. The monoisotopic (exact) mass is 309 g/mol. The topological polar surface area (TPSA) is 60.0 Å². The van der Waals surface area contributed by atoms with Crippen molar-refractivity contribution in [1.82, 2.24) is 24.6 Å². The van der Waals surface area contributed by atoms with Crippen LogP contribution >= 0.6 is 0 Å². The summed E-state index contributed by atoms with van der Waals surface area (Å²) in [6, 6.07) is 9.89. The highest BCUT2D eigenvalue weighted by atomic mass is 16.5. The van der Waals surface area contributed by atoms with Gasteiger partial charge in [0.25, 0.3) is 0 Å². The quantitative estimate of drug-likeness (QED) is 0.744. The molecule has 0 saturated heterocycles. The molecule has 0 bridgehead atoms. The number of imidazole rings is 1. The van der Waals surface area contributed by atoms with E-state index in [0.29, 0.717) is 18.3 Å². The summed E-state index contributed by atoms with van der Waals surface area (Å²) < 4.78 is 7.71. The molecule has 3 heterocycles. The minimum atomic E-state index is 0.644. The molecular formula is C17H19N5O. The minimum Gasteiger partial charge on any atom is -0.338 e. The van der Waals surface area contributed by atoms with Crippen molar-refractivity contribution in [2.45, 2.75) is 33.5 Å². The van der Waals surface area contributed by atoms with Gasteiger partial charge in [-0.25, -0.2) is 4.98 Å². The van der Waals surface area contributed by atoms with E-state index >= 15 is 0 Å². The van der Waals surface area contributed by atoms with Gasteiger partial charge in [0.05, 0.1) is 18.8 Å². The largest absolute Gasteiger partial charge is 0.338 e. The van der Waals surface area contributed by atoms with Gasteiger partial charge in [-0.2, -0.15) is 4.98 Å². The molecule has 0 amide bonds. The molecule has 1 aliphatic rings. The number of nitrogens with zero attached hydrogens (tertiary/aromatic N) is 5. The average molecular weight is 309 g/mol. The van der Waals surface area contributed by atoms with Gasteiger partial charge in [-0.3, -0.25) is 4.90 Å². The lowest BCUT2D eigenvalue weighted by Crippen LogP contribution is -2.33. The van der Waals surface area contributed by atoms with Crippen molar-refractivity contribution >= 4 is 0 Å². The van der Waals surface area contributed by atoms with Crippen molar-refractivity contribution in [3.05, 3.63) is 53.4 Å². The van der Waals surface area contributed by atoms with Crippen LogP contribution in [0.3, 0.4) is 0 Å². The predicted molar refractivity (Wildman–Crippen MR) is 85.5 cm³/mol. The zero-order valence-corrected chi connectivity index (χ0v) is 13.4. The van der Waals surface area contributed by atoms with Crippen molar-refractivity contribution in [2.75, 3.05) is 6.54 Å². The fourth-order valence-electron chi connectivity index (χ4n) is 3.01. The lowest BCUT2D eigenvalue weighted by molar-refractivity contribution is 0.182. The van der Waals surface area contributed by atoms with Gasteiger partial charge >= 0.3 is 0 Å². The highest BCUT2D eigenvalue weighted by molar-refractivity contribution is 5.53. The Hall–Kier alpha value is -2.47. The third-order valence-electron chi connectivity index (χ3n) is 4.40. The SMILES string of the molecule is Cc1nc2n(c1C)CCN(Cc1nc(-c3ccccc3)no1)C2. The van der Waals surface area contributed by atoms with E-state index in [1.807, 2.05) is 30.3 Å². The molecule has 0 radical (unpaired) electrons. The highest BCUT2D eigenvalue weighted by Crippen LogP contribution is 2.20. The van der Waals surface area contributed by atoms with Crippen LogP contribution in [-0.2, 0) is 19.6 Å². The van der Waals surface area contributed by atoms with Gasteiger partial charge in [0.1, 0.15) is 5.82 Å². The van der Waals surface area contributed by atoms with Crippen molar-refractivity contribution in [3.8, 4) is 11.4 Å². The number of benzene rings is 1. The molecule has 0 unspecified atom stereocenters. The molecule has 2 aromatic heterocycles. The van der Waals surface area contributed by atoms with E-state index < -0.39 is 0 Å². The maximum absolute atomic E-state index is 5.41. The third kappa shape index (κ3) is 2.66. The van der Waals surface area contributed by atoms with E-state index in [1.165, 1.54) is 5.69 Å². The van der Waals surface area contributed by atoms with E-state index in [9.17, 15) is 0 Å². The van der Waals surface area contributed by atoms with E-state index in [4.69, 9.17) is 4.52 Å². The van der Waals surface area contributed by atoms with Gasteiger partial charge in [-0.05, 0) is 13.8 Å². The summed E-state index contributed by atoms with van der Waals surface area (Å²) in [7, 11) is 0. The highest BCUT2D eigenvalue weighted by Gasteiger charge is 2.22. The molecule has 0 spiro atoms. The van der Waals surface area contributed by atoms with Crippen LogP contribution in [-0.4, -0.2) is 31.1 Å². The second-order valence-electron chi connectivity index (χ2n) is 5.94. The van der Waals surface area contributed by atoms with Crippen molar-refractivity contribution in [2.24, 2.45) is 0 Å². The van der Waals surface area contributed by atoms with E-state index in [2.05, 4.69) is 38.4 Å². The molecular weight excluding hydrogens is 290 g/mol. The second-order valence-corrected chi connectivity index (χ2v) is 5.94. The van der Waals surface area contributed by atoms with Gasteiger partial charge in [0.2, 0.25) is 11.7 Å². The summed E-state index contributed by atoms with van der Waals surface area (Å²) >= 11 is 0. The molecule has 4 rings (SSSR count). The minimum absolute atomic E-state index is 0.644. The number of fused-ring (bicyclic) bond motifs is 1. The number of aryl methyl sites for hydroxylation is 1. The summed E-state index contributed by atoms with van der Waals surface area (Å²) in [6.07, 6.45) is 0. The maximum atomic E-state index is 5.41. The summed E-state index contributed by atoms with van der Waals surface area (Å²) in [6.45, 7) is 7.59. The fraction of sp³-hybridized carbons (Fsp3) is 0.353. The Bertz CT molecular complexity index is 821. The molecule has 0 fully saturated rings. The summed E-state index contributed by atoms with van der Waals surface area (Å²) in [4.78, 5) is 11.5. The molecule has 0 N–H and O–H groups in total. The van der Waals surface area contributed by atoms with Crippen molar-refractivity contribution in [3.63, 3.8) is 0 Å². The second kappa shape index (κ2) is 5.62. The number of rotatable bonds is 3. The van der Waals surface area contributed by atoms with Crippen LogP contribution in [0, 0.1) is 13.8 Å². The van der Waals surface area contributed by atoms with Crippen molar-refractivity contribution < 1.29 is 4.52 Å². The number of aromatic nitrogens is 4. The average Bonchev–Trinajstić information content (AvgIpc) is 3.14. The van der Waals surface area contributed by atoms with Crippen molar-refractivity contribution in [1.29, 1.82) is 0 Å². The molecule has 1 aromatic carbocycles. The van der Waals surface area contributed by atoms with Crippen LogP contribution in [0.5, 0.6) is 0 Å². The first-order valence-corrected chi connectivity index (χ1v) is 7.83. The molecule has 0 saturated carbocycles. The molecule has 6 heteroatoms. The first-order chi connectivity index (χ1) is 11.2. The van der Waals surface area contributed by atoms with Crippen LogP contribution in [0.4, 0.5) is 0 Å². The standard InChI is InChI=1S/C17H19N5O/c1-12-13(2)22-9-8-21(10-15(22)18-12)11-16-19-17(20-23-16)14-6-4-3-5-7-14/h3-7H,8-11H2,1-2H3. The van der Waals surface area contributed by atoms with Crippen LogP contribution in [0.1, 0.15) is 23.1 Å². The lowest BCUT2D eigenvalue weighted by Gasteiger charge is -2.26. The zero-order valence-electron chi connectivity index (χ0n) is 13.4. The van der Waals surface area contributed by atoms with Crippen LogP contribution in [0.2, 0.25) is 0 Å². The van der Waals surface area contributed by atoms with Gasteiger partial charge in [-0.1, -0.05) is 35.5 Å². The van der Waals surface area contributed by atoms with Crippen LogP contribution in [0.15, 0.2) is 34.9 Å². The third-order valence-corrected chi connectivity index (χ3v) is 4.40. The molecule has 1 aliphatic heterocycles. The first kappa shape index (κ1) is 14.1. The fourth-order valence-corrected chi connectivity index (χ4v) is 3.01. The molecule has 23 heavy (non-hydrogen) atoms. The number of hydrogen-bond donors (Lipinski definition) is 0. The molecule has 3 aromatic rings. The first-order valence-electron chi connectivity index (χ1n) is 7.83. The Balaban J connectivity index is 1.48. The predicted octanol–water partition coefficient (Wildman–Crippen LogP) is 2.57. The normalized spacial score (nSPS) is 14.9. The summed E-state index contributed by atoms with van der Waals surface area (Å²) in [5.41, 5.74) is 3.36. The Labute approximate surface area is 134 Å². The zero-order chi connectivity index (χ0) is 15.8. The van der Waals surface area contributed by atoms with Gasteiger partial charge < -0.3 is 9.09 Å². The maximum Gasteiger partial charge on any atom is 0.241 e. The van der Waals surface area contributed by atoms with Gasteiger partial charge in [0, 0.05) is 24.3 Å². The number of hydrogen-bond acceptors (Lipinski definition) is 5. The lowest BCUT2D eigenvalue weighted by atomic mass is 10.2. The molecule has 6 nitrogen and oxygen atoms in total. The Morgan fingerprint density at radius 1 is 1.09 bits per heavy atom. The summed E-state index contributed by atoms with van der Waals surface area (Å²) in [5, 5.41) is 4.08. The van der Waals surface area contributed by atoms with Gasteiger partial charge in [-0.15, -0.1) is 0 Å². The molecule has 118 valence electrons. The molecule has 0 atom stereocenters. The van der Waals surface area contributed by atoms with Crippen LogP contribution < -0.4 is 0 Å². The Morgan fingerprint density at radius 2 is 1.91 bits per heavy atom. The Morgan fingerprint density at radius 3 is 2.74 bits per heavy atom. The van der Waals surface area contributed by atoms with Gasteiger partial charge in [0.15, 0.2) is 0 Å². The molecule has 0 aliphatic carbocycles.